The second kappa shape index (κ2) is 37.0. The summed E-state index contributed by atoms with van der Waals surface area (Å²) in [7, 11) is 0. The number of rotatable bonds is 40. The molecule has 0 aromatic rings. The summed E-state index contributed by atoms with van der Waals surface area (Å²) < 4.78 is 22.7. The molecule has 1 amide bonds. The highest BCUT2D eigenvalue weighted by molar-refractivity contribution is 5.76. The van der Waals surface area contributed by atoms with Crippen molar-refractivity contribution in [1.29, 1.82) is 0 Å². The summed E-state index contributed by atoms with van der Waals surface area (Å²) in [5, 5.41) is 86.7. The van der Waals surface area contributed by atoms with Crippen LogP contribution in [0, 0.1) is 0 Å². The van der Waals surface area contributed by atoms with Crippen LogP contribution in [0.1, 0.15) is 213 Å². The van der Waals surface area contributed by atoms with Crippen LogP contribution in [0.4, 0.5) is 0 Å². The maximum absolute atomic E-state index is 13.0. The number of nitrogens with one attached hydrogen (secondary N) is 1. The third-order valence-electron chi connectivity index (χ3n) is 13.1. The highest BCUT2D eigenvalue weighted by atomic mass is 16.7. The molecule has 9 N–H and O–H groups in total. The first-order chi connectivity index (χ1) is 30.6. The highest BCUT2D eigenvalue weighted by Gasteiger charge is 2.51. The third kappa shape index (κ3) is 24.5. The van der Waals surface area contributed by atoms with Crippen LogP contribution in [-0.2, 0) is 23.7 Å². The molecule has 12 atom stereocenters. The van der Waals surface area contributed by atoms with Gasteiger partial charge in [-0.15, -0.1) is 0 Å². The average molecular weight is 906 g/mol. The van der Waals surface area contributed by atoms with Crippen LogP contribution in [0.25, 0.3) is 0 Å². The SMILES string of the molecule is CCCCCCCCCCCCCCCCCCCCCCCCC(O)C(COC1OC(CO)C(OC2OC(CO)C(O)C(O)C2O)C(O)C1O)NC(=O)CCCCCCCCC. The van der Waals surface area contributed by atoms with Crippen molar-refractivity contribution in [3.8, 4) is 0 Å². The van der Waals surface area contributed by atoms with Crippen molar-refractivity contribution < 1.29 is 64.6 Å². The van der Waals surface area contributed by atoms with Gasteiger partial charge in [0.25, 0.3) is 0 Å². The molecule has 2 aliphatic heterocycles. The summed E-state index contributed by atoms with van der Waals surface area (Å²) in [5.74, 6) is -0.211. The van der Waals surface area contributed by atoms with Gasteiger partial charge in [0.1, 0.15) is 48.8 Å². The Morgan fingerprint density at radius 3 is 1.35 bits per heavy atom. The number of carbonyl (C=O) groups is 1. The lowest BCUT2D eigenvalue weighted by Gasteiger charge is -2.46. The van der Waals surface area contributed by atoms with Gasteiger partial charge in [-0.2, -0.15) is 0 Å². The number of aliphatic hydroxyl groups excluding tert-OH is 8. The Kier molecular flexibility index (Phi) is 34.2. The first-order valence-electron chi connectivity index (χ1n) is 25.8. The van der Waals surface area contributed by atoms with Crippen LogP contribution in [0.5, 0.6) is 0 Å². The molecule has 63 heavy (non-hydrogen) atoms. The predicted octanol–water partition coefficient (Wildman–Crippen LogP) is 6.61. The fraction of sp³-hybridized carbons (Fsp3) is 0.980. The van der Waals surface area contributed by atoms with E-state index in [2.05, 4.69) is 19.2 Å². The maximum atomic E-state index is 13.0. The molecular formula is C49H95NO13. The average Bonchev–Trinajstić information content (AvgIpc) is 3.28. The zero-order chi connectivity index (χ0) is 46.1. The molecule has 0 bridgehead atoms. The van der Waals surface area contributed by atoms with Crippen LogP contribution in [0.3, 0.4) is 0 Å². The zero-order valence-electron chi connectivity index (χ0n) is 39.6. The number of aliphatic hydroxyl groups is 8. The first kappa shape index (κ1) is 58.1. The summed E-state index contributed by atoms with van der Waals surface area (Å²) in [6.45, 7) is 2.81. The molecule has 0 aromatic carbocycles. The standard InChI is InChI=1S/C49H95NO13/c1-3-5-7-9-11-12-13-14-15-16-17-18-19-20-21-22-23-24-25-27-28-30-32-38(53)37(50-41(54)33-31-29-26-10-8-6-4-2)36-60-48-46(59)44(57)47(40(35-52)62-48)63-49-45(58)43(56)42(55)39(34-51)61-49/h37-40,42-49,51-53,55-59H,3-36H2,1-2H3,(H,50,54). The predicted molar refractivity (Wildman–Crippen MR) is 245 cm³/mol. The zero-order valence-corrected chi connectivity index (χ0v) is 39.6. The lowest BCUT2D eigenvalue weighted by Crippen LogP contribution is -2.65. The third-order valence-corrected chi connectivity index (χ3v) is 13.1. The fourth-order valence-corrected chi connectivity index (χ4v) is 8.83. The number of unbranched alkanes of at least 4 members (excludes halogenated alkanes) is 27. The lowest BCUT2D eigenvalue weighted by atomic mass is 9.97. The van der Waals surface area contributed by atoms with E-state index in [1.165, 1.54) is 135 Å². The van der Waals surface area contributed by atoms with Gasteiger partial charge >= 0.3 is 0 Å². The Hall–Kier alpha value is -1.01. The van der Waals surface area contributed by atoms with Gasteiger partial charge in [-0.05, 0) is 12.8 Å². The van der Waals surface area contributed by atoms with E-state index < -0.39 is 86.8 Å². The molecule has 0 aromatic heterocycles. The van der Waals surface area contributed by atoms with Crippen molar-refractivity contribution in [2.75, 3.05) is 19.8 Å². The minimum Gasteiger partial charge on any atom is -0.394 e. The van der Waals surface area contributed by atoms with Gasteiger partial charge in [-0.1, -0.05) is 194 Å². The molecule has 0 saturated carbocycles. The molecule has 2 rings (SSSR count). The van der Waals surface area contributed by atoms with Crippen molar-refractivity contribution in [2.45, 2.75) is 286 Å². The summed E-state index contributed by atoms with van der Waals surface area (Å²) in [6.07, 6.45) is 20.0. The van der Waals surface area contributed by atoms with Crippen LogP contribution >= 0.6 is 0 Å². The molecule has 2 heterocycles. The minimum absolute atomic E-state index is 0.211. The molecule has 374 valence electrons. The van der Waals surface area contributed by atoms with E-state index in [0.29, 0.717) is 12.8 Å². The largest absolute Gasteiger partial charge is 0.394 e. The minimum atomic E-state index is -1.78. The van der Waals surface area contributed by atoms with Crippen molar-refractivity contribution in [3.05, 3.63) is 0 Å². The van der Waals surface area contributed by atoms with E-state index in [9.17, 15) is 45.6 Å². The van der Waals surface area contributed by atoms with E-state index in [-0.39, 0.29) is 12.5 Å². The van der Waals surface area contributed by atoms with Crippen molar-refractivity contribution >= 4 is 5.91 Å². The first-order valence-corrected chi connectivity index (χ1v) is 25.8. The van der Waals surface area contributed by atoms with Crippen molar-refractivity contribution in [3.63, 3.8) is 0 Å². The second-order valence-electron chi connectivity index (χ2n) is 18.7. The Labute approximate surface area is 381 Å². The van der Waals surface area contributed by atoms with Gasteiger partial charge < -0.3 is 65.1 Å². The van der Waals surface area contributed by atoms with E-state index >= 15 is 0 Å². The topological polar surface area (TPSA) is 228 Å². The maximum Gasteiger partial charge on any atom is 0.220 e. The molecule has 14 heteroatoms. The number of carbonyl (C=O) groups excluding carboxylic acids is 1. The molecule has 12 unspecified atom stereocenters. The molecule has 0 spiro atoms. The van der Waals surface area contributed by atoms with Gasteiger partial charge in [0.15, 0.2) is 12.6 Å². The van der Waals surface area contributed by atoms with Crippen LogP contribution in [0.15, 0.2) is 0 Å². The molecular weight excluding hydrogens is 811 g/mol. The second-order valence-corrected chi connectivity index (χ2v) is 18.7. The Bertz CT molecular complexity index is 1070. The Morgan fingerprint density at radius 2 is 0.905 bits per heavy atom. The molecule has 2 fully saturated rings. The molecule has 0 aliphatic carbocycles. The van der Waals surface area contributed by atoms with Gasteiger partial charge in [-0.3, -0.25) is 4.79 Å². The summed E-state index contributed by atoms with van der Waals surface area (Å²) in [5.41, 5.74) is 0. The molecule has 14 nitrogen and oxygen atoms in total. The number of hydrogen-bond donors (Lipinski definition) is 9. The van der Waals surface area contributed by atoms with Crippen molar-refractivity contribution in [1.82, 2.24) is 5.32 Å². The normalized spacial score (nSPS) is 27.4. The summed E-state index contributed by atoms with van der Waals surface area (Å²) in [4.78, 5) is 13.0. The van der Waals surface area contributed by atoms with Crippen LogP contribution in [0.2, 0.25) is 0 Å². The monoisotopic (exact) mass is 906 g/mol. The molecule has 2 aliphatic rings. The molecule has 0 radical (unpaired) electrons. The Morgan fingerprint density at radius 1 is 0.508 bits per heavy atom. The summed E-state index contributed by atoms with van der Waals surface area (Å²) in [6, 6.07) is -0.819. The smallest absolute Gasteiger partial charge is 0.220 e. The van der Waals surface area contributed by atoms with Gasteiger partial charge in [0, 0.05) is 6.42 Å². The quantitative estimate of drug-likeness (QED) is 0.0296. The van der Waals surface area contributed by atoms with E-state index in [4.69, 9.17) is 18.9 Å². The highest BCUT2D eigenvalue weighted by Crippen LogP contribution is 2.30. The Balaban J connectivity index is 1.73. The van der Waals surface area contributed by atoms with Crippen molar-refractivity contribution in [2.24, 2.45) is 0 Å². The van der Waals surface area contributed by atoms with Gasteiger partial charge in [-0.25, -0.2) is 0 Å². The lowest BCUT2D eigenvalue weighted by molar-refractivity contribution is -0.359. The molecule has 2 saturated heterocycles. The van der Waals surface area contributed by atoms with E-state index in [1.807, 2.05) is 0 Å². The van der Waals surface area contributed by atoms with E-state index in [0.717, 1.165) is 51.4 Å². The van der Waals surface area contributed by atoms with Crippen LogP contribution in [-0.4, -0.2) is 140 Å². The number of amides is 1. The number of ether oxygens (including phenoxy) is 4. The summed E-state index contributed by atoms with van der Waals surface area (Å²) >= 11 is 0. The van der Waals surface area contributed by atoms with E-state index in [1.54, 1.807) is 0 Å². The fourth-order valence-electron chi connectivity index (χ4n) is 8.83. The van der Waals surface area contributed by atoms with Crippen LogP contribution < -0.4 is 5.32 Å². The van der Waals surface area contributed by atoms with Gasteiger partial charge in [0.2, 0.25) is 5.91 Å². The number of hydrogen-bond acceptors (Lipinski definition) is 13. The van der Waals surface area contributed by atoms with Gasteiger partial charge in [0.05, 0.1) is 32.0 Å².